The van der Waals surface area contributed by atoms with Gasteiger partial charge in [0.15, 0.2) is 0 Å². The Bertz CT molecular complexity index is 329. The molecule has 0 spiro atoms. The molecule has 0 fully saturated rings. The molecule has 0 aromatic rings. The van der Waals surface area contributed by atoms with E-state index in [0.29, 0.717) is 0 Å². The van der Waals surface area contributed by atoms with E-state index in [0.717, 1.165) is 0 Å². The molecule has 1 heteroatoms. The summed E-state index contributed by atoms with van der Waals surface area (Å²) >= 11 is -0.0764. The van der Waals surface area contributed by atoms with Crippen LogP contribution in [0.4, 0.5) is 0 Å². The Hall–Kier alpha value is -0.521. The van der Waals surface area contributed by atoms with E-state index in [1.54, 1.807) is 13.4 Å². The average molecular weight is 184 g/mol. The van der Waals surface area contributed by atoms with Crippen molar-refractivity contribution in [2.45, 2.75) is 12.8 Å². The molecule has 1 radical (unpaired) electrons. The molecular formula is C10H8Fe. The summed E-state index contributed by atoms with van der Waals surface area (Å²) in [5.74, 6) is 0. The summed E-state index contributed by atoms with van der Waals surface area (Å²) in [5, 5.41) is 0. The Morgan fingerprint density at radius 3 is 2.91 bits per heavy atom. The SMILES string of the molecule is [C]1=[C]([Fe]2[C]3=[C]2CC=C3)CC=C1. The Balaban J connectivity index is 1.82. The van der Waals surface area contributed by atoms with E-state index in [1.165, 1.54) is 12.8 Å². The van der Waals surface area contributed by atoms with Crippen molar-refractivity contribution >= 4 is 0 Å². The first-order chi connectivity index (χ1) is 5.47. The summed E-state index contributed by atoms with van der Waals surface area (Å²) in [7, 11) is 0. The van der Waals surface area contributed by atoms with Crippen molar-refractivity contribution in [1.29, 1.82) is 0 Å². The van der Waals surface area contributed by atoms with Crippen LogP contribution in [0.25, 0.3) is 0 Å². The van der Waals surface area contributed by atoms with Crippen LogP contribution in [0, 0.1) is 6.08 Å². The number of rotatable bonds is 1. The van der Waals surface area contributed by atoms with Crippen LogP contribution in [0.15, 0.2) is 37.7 Å². The Morgan fingerprint density at radius 1 is 1.27 bits per heavy atom. The fraction of sp³-hybridized carbons (Fsp3) is 0.200. The number of hydrogen-bond acceptors (Lipinski definition) is 0. The van der Waals surface area contributed by atoms with Crippen molar-refractivity contribution in [2.24, 2.45) is 0 Å². The van der Waals surface area contributed by atoms with E-state index in [-0.39, 0.29) is 13.9 Å². The number of allylic oxidation sites excluding steroid dienone is 8. The molecule has 0 nitrogen and oxygen atoms in total. The summed E-state index contributed by atoms with van der Waals surface area (Å²) in [6.07, 6.45) is 14.6. The molecule has 3 aliphatic rings. The van der Waals surface area contributed by atoms with Crippen molar-refractivity contribution in [3.8, 4) is 0 Å². The molecular weight excluding hydrogens is 176 g/mol. The van der Waals surface area contributed by atoms with Gasteiger partial charge in [0.1, 0.15) is 0 Å². The van der Waals surface area contributed by atoms with Gasteiger partial charge >= 0.3 is 70.5 Å². The predicted octanol–water partition coefficient (Wildman–Crippen LogP) is 2.44. The summed E-state index contributed by atoms with van der Waals surface area (Å²) < 4.78 is 4.96. The van der Waals surface area contributed by atoms with E-state index in [4.69, 9.17) is 0 Å². The molecule has 1 aliphatic heterocycles. The molecule has 0 bridgehead atoms. The first-order valence-electron chi connectivity index (χ1n) is 3.80. The van der Waals surface area contributed by atoms with Gasteiger partial charge in [-0.3, -0.25) is 0 Å². The molecule has 0 saturated heterocycles. The van der Waals surface area contributed by atoms with Crippen LogP contribution in [0.2, 0.25) is 0 Å². The van der Waals surface area contributed by atoms with Crippen molar-refractivity contribution in [1.82, 2.24) is 0 Å². The van der Waals surface area contributed by atoms with Gasteiger partial charge in [-0.25, -0.2) is 0 Å². The van der Waals surface area contributed by atoms with Gasteiger partial charge in [0.25, 0.3) is 0 Å². The molecule has 0 amide bonds. The van der Waals surface area contributed by atoms with Gasteiger partial charge in [-0.05, 0) is 0 Å². The third-order valence-electron chi connectivity index (χ3n) is 2.03. The van der Waals surface area contributed by atoms with Crippen LogP contribution in [0.1, 0.15) is 12.8 Å². The summed E-state index contributed by atoms with van der Waals surface area (Å²) in [5.41, 5.74) is 0. The molecule has 0 saturated carbocycles. The molecule has 0 atom stereocenters. The fourth-order valence-electron chi connectivity index (χ4n) is 1.47. The molecule has 0 aromatic carbocycles. The molecule has 2 aliphatic carbocycles. The summed E-state index contributed by atoms with van der Waals surface area (Å²) in [4.78, 5) is 0. The number of hydrogen-bond donors (Lipinski definition) is 0. The van der Waals surface area contributed by atoms with Crippen molar-refractivity contribution in [3.63, 3.8) is 0 Å². The quantitative estimate of drug-likeness (QED) is 0.549. The topological polar surface area (TPSA) is 0 Å². The first kappa shape index (κ1) is 6.05. The fourth-order valence-corrected chi connectivity index (χ4v) is 4.43. The maximum atomic E-state index is 3.34. The van der Waals surface area contributed by atoms with Crippen LogP contribution >= 0.6 is 0 Å². The minimum atomic E-state index is -0.0764. The van der Waals surface area contributed by atoms with Crippen LogP contribution < -0.4 is 0 Å². The van der Waals surface area contributed by atoms with Gasteiger partial charge in [0, 0.05) is 0 Å². The summed E-state index contributed by atoms with van der Waals surface area (Å²) in [6.45, 7) is 0. The van der Waals surface area contributed by atoms with Gasteiger partial charge in [-0.15, -0.1) is 0 Å². The van der Waals surface area contributed by atoms with Gasteiger partial charge in [-0.2, -0.15) is 0 Å². The second kappa shape index (κ2) is 2.00. The van der Waals surface area contributed by atoms with Crippen LogP contribution in [-0.4, -0.2) is 0 Å². The monoisotopic (exact) mass is 184 g/mol. The third-order valence-corrected chi connectivity index (χ3v) is 5.11. The second-order valence-corrected chi connectivity index (χ2v) is 5.49. The zero-order valence-corrected chi connectivity index (χ0v) is 7.18. The second-order valence-electron chi connectivity index (χ2n) is 2.74. The predicted molar refractivity (Wildman–Crippen MR) is 41.3 cm³/mol. The Kier molecular flexibility index (Phi) is 1.10. The van der Waals surface area contributed by atoms with E-state index in [9.17, 15) is 0 Å². The minimum absolute atomic E-state index is 0.0764. The zero-order chi connectivity index (χ0) is 7.26. The standard InChI is InChI=1S/2C5H4.Fe/c2*1-2-4-5-3-1;/h2*1-2H,3H2;. The Labute approximate surface area is 70.9 Å². The molecule has 11 heavy (non-hydrogen) atoms. The normalized spacial score (nSPS) is 28.0. The van der Waals surface area contributed by atoms with E-state index in [2.05, 4.69) is 30.4 Å². The van der Waals surface area contributed by atoms with Crippen LogP contribution in [0.5, 0.6) is 0 Å². The van der Waals surface area contributed by atoms with Crippen molar-refractivity contribution < 1.29 is 13.9 Å². The van der Waals surface area contributed by atoms with Crippen LogP contribution in [-0.2, 0) is 13.9 Å². The van der Waals surface area contributed by atoms with Gasteiger partial charge in [0.05, 0.1) is 0 Å². The van der Waals surface area contributed by atoms with Gasteiger partial charge in [-0.1, -0.05) is 0 Å². The van der Waals surface area contributed by atoms with E-state index >= 15 is 0 Å². The molecule has 0 aromatic heterocycles. The third kappa shape index (κ3) is 0.756. The Morgan fingerprint density at radius 2 is 2.27 bits per heavy atom. The van der Waals surface area contributed by atoms with Crippen molar-refractivity contribution in [2.75, 3.05) is 0 Å². The van der Waals surface area contributed by atoms with E-state index < -0.39 is 0 Å². The average Bonchev–Trinajstić information content (AvgIpc) is 2.57. The van der Waals surface area contributed by atoms with Gasteiger partial charge in [0.2, 0.25) is 0 Å². The molecule has 3 rings (SSSR count). The van der Waals surface area contributed by atoms with Crippen molar-refractivity contribution in [3.05, 3.63) is 43.8 Å². The van der Waals surface area contributed by atoms with E-state index in [1.807, 2.05) is 0 Å². The molecule has 56 valence electrons. The zero-order valence-electron chi connectivity index (χ0n) is 6.08. The molecule has 0 N–H and O–H groups in total. The molecule has 0 unspecified atom stereocenters. The van der Waals surface area contributed by atoms with Crippen LogP contribution in [0.3, 0.4) is 0 Å². The first-order valence-corrected chi connectivity index (χ1v) is 5.45. The van der Waals surface area contributed by atoms with Gasteiger partial charge < -0.3 is 0 Å². The maximum absolute atomic E-state index is 3.34. The molecule has 1 heterocycles. The summed E-state index contributed by atoms with van der Waals surface area (Å²) in [6, 6.07) is 0.